The number of rotatable bonds is 6. The van der Waals surface area contributed by atoms with Crippen LogP contribution in [0.3, 0.4) is 0 Å². The number of carboxylic acids is 3. The van der Waals surface area contributed by atoms with Gasteiger partial charge in [0.1, 0.15) is 0 Å². The Morgan fingerprint density at radius 3 is 1.90 bits per heavy atom. The summed E-state index contributed by atoms with van der Waals surface area (Å²) in [6.45, 7) is 3.81. The Morgan fingerprint density at radius 1 is 0.793 bits per heavy atom. The van der Waals surface area contributed by atoms with E-state index in [9.17, 15) is 29.7 Å². The van der Waals surface area contributed by atoms with Crippen LogP contribution in [-0.4, -0.2) is 101 Å². The predicted molar refractivity (Wildman–Crippen MR) is 105 cm³/mol. The molecular formula is C19H28N4O6. The molecule has 10 heteroatoms. The third-order valence-corrected chi connectivity index (χ3v) is 4.98. The number of carboxylic acid groups (broad SMARTS) is 3. The quantitative estimate of drug-likeness (QED) is 0.371. The van der Waals surface area contributed by atoms with Crippen molar-refractivity contribution in [3.8, 4) is 0 Å². The molecule has 0 unspecified atom stereocenters. The van der Waals surface area contributed by atoms with Gasteiger partial charge in [0.2, 0.25) is 0 Å². The van der Waals surface area contributed by atoms with Gasteiger partial charge in [-0.25, -0.2) is 14.4 Å². The van der Waals surface area contributed by atoms with E-state index in [-0.39, 0.29) is 19.6 Å². The maximum atomic E-state index is 11.8. The van der Waals surface area contributed by atoms with Crippen molar-refractivity contribution in [1.82, 2.24) is 20.4 Å². The van der Waals surface area contributed by atoms with Gasteiger partial charge in [0.25, 0.3) is 0 Å². The SMILES string of the molecule is O=C(O)C(C(=O)O)(C(=O)O)N1CCNCCNCCN(Cc2ccccc2)CC1. The Morgan fingerprint density at radius 2 is 1.34 bits per heavy atom. The number of aliphatic carboxylic acids is 3. The minimum absolute atomic E-state index is 0.0145. The largest absolute Gasteiger partial charge is 0.479 e. The molecule has 0 aromatic heterocycles. The summed E-state index contributed by atoms with van der Waals surface area (Å²) in [5.41, 5.74) is -1.96. The fourth-order valence-electron chi connectivity index (χ4n) is 3.38. The zero-order valence-corrected chi connectivity index (χ0v) is 16.2. The van der Waals surface area contributed by atoms with Crippen LogP contribution in [-0.2, 0) is 20.9 Å². The molecule has 1 aromatic rings. The molecule has 5 N–H and O–H groups in total. The molecule has 1 saturated heterocycles. The molecule has 10 nitrogen and oxygen atoms in total. The minimum Gasteiger partial charge on any atom is -0.479 e. The molecule has 0 spiro atoms. The first-order valence-corrected chi connectivity index (χ1v) is 9.52. The highest BCUT2D eigenvalue weighted by molar-refractivity contribution is 6.21. The molecule has 0 aliphatic carbocycles. The highest BCUT2D eigenvalue weighted by Crippen LogP contribution is 2.18. The third-order valence-electron chi connectivity index (χ3n) is 4.98. The van der Waals surface area contributed by atoms with Gasteiger partial charge < -0.3 is 26.0 Å². The van der Waals surface area contributed by atoms with Crippen molar-refractivity contribution >= 4 is 17.9 Å². The van der Waals surface area contributed by atoms with Crippen LogP contribution in [0, 0.1) is 0 Å². The lowest BCUT2D eigenvalue weighted by molar-refractivity contribution is -0.179. The van der Waals surface area contributed by atoms with Crippen LogP contribution >= 0.6 is 0 Å². The van der Waals surface area contributed by atoms with Gasteiger partial charge in [-0.3, -0.25) is 9.80 Å². The monoisotopic (exact) mass is 408 g/mol. The lowest BCUT2D eigenvalue weighted by Crippen LogP contribution is -2.67. The van der Waals surface area contributed by atoms with Crippen molar-refractivity contribution < 1.29 is 29.7 Å². The number of nitrogens with zero attached hydrogens (tertiary/aromatic N) is 2. The van der Waals surface area contributed by atoms with Crippen molar-refractivity contribution in [1.29, 1.82) is 0 Å². The van der Waals surface area contributed by atoms with Gasteiger partial charge in [-0.2, -0.15) is 0 Å². The van der Waals surface area contributed by atoms with Crippen molar-refractivity contribution in [2.24, 2.45) is 0 Å². The fraction of sp³-hybridized carbons (Fsp3) is 0.526. The average molecular weight is 408 g/mol. The van der Waals surface area contributed by atoms with Gasteiger partial charge in [0.15, 0.2) is 0 Å². The van der Waals surface area contributed by atoms with Crippen LogP contribution in [0.5, 0.6) is 0 Å². The maximum absolute atomic E-state index is 11.8. The minimum atomic E-state index is -3.03. The standard InChI is InChI=1S/C19H28N4O6/c24-16(25)19(17(26)27,18(28)29)23-11-9-21-7-6-20-8-10-22(12-13-23)14-15-4-2-1-3-5-15/h1-5,20-21H,6-14H2,(H,24,25)(H,26,27)(H,28,29). The molecule has 0 saturated carbocycles. The van der Waals surface area contributed by atoms with E-state index in [0.29, 0.717) is 39.3 Å². The summed E-state index contributed by atoms with van der Waals surface area (Å²) >= 11 is 0. The topological polar surface area (TPSA) is 142 Å². The van der Waals surface area contributed by atoms with E-state index in [0.717, 1.165) is 10.5 Å². The summed E-state index contributed by atoms with van der Waals surface area (Å²) in [4.78, 5) is 38.5. The zero-order chi connectivity index (χ0) is 21.3. The molecule has 1 aliphatic rings. The molecule has 1 fully saturated rings. The van der Waals surface area contributed by atoms with Crippen LogP contribution < -0.4 is 10.6 Å². The van der Waals surface area contributed by atoms with Crippen molar-refractivity contribution in [2.75, 3.05) is 52.4 Å². The van der Waals surface area contributed by atoms with Crippen LogP contribution in [0.2, 0.25) is 0 Å². The second kappa shape index (κ2) is 10.9. The van der Waals surface area contributed by atoms with Crippen LogP contribution in [0.25, 0.3) is 0 Å². The summed E-state index contributed by atoms with van der Waals surface area (Å²) in [5.74, 6) is -5.71. The van der Waals surface area contributed by atoms with E-state index in [1.165, 1.54) is 0 Å². The van der Waals surface area contributed by atoms with Gasteiger partial charge in [0.05, 0.1) is 0 Å². The first kappa shape index (κ1) is 22.8. The van der Waals surface area contributed by atoms with E-state index >= 15 is 0 Å². The van der Waals surface area contributed by atoms with E-state index in [1.807, 2.05) is 30.3 Å². The van der Waals surface area contributed by atoms with Gasteiger partial charge >= 0.3 is 23.4 Å². The number of nitrogens with one attached hydrogen (secondary N) is 2. The van der Waals surface area contributed by atoms with E-state index in [2.05, 4.69) is 15.5 Å². The van der Waals surface area contributed by atoms with E-state index < -0.39 is 23.4 Å². The average Bonchev–Trinajstić information content (AvgIpc) is 2.66. The number of carbonyl (C=O) groups is 3. The smallest absolute Gasteiger partial charge is 0.347 e. The Balaban J connectivity index is 2.26. The molecule has 29 heavy (non-hydrogen) atoms. The van der Waals surface area contributed by atoms with Crippen molar-refractivity contribution in [3.63, 3.8) is 0 Å². The molecule has 1 aliphatic heterocycles. The fourth-order valence-corrected chi connectivity index (χ4v) is 3.38. The summed E-state index contributed by atoms with van der Waals surface area (Å²) in [6, 6.07) is 9.71. The van der Waals surface area contributed by atoms with E-state index in [4.69, 9.17) is 0 Å². The molecule has 160 valence electrons. The lowest BCUT2D eigenvalue weighted by atomic mass is 9.97. The normalized spacial score (nSPS) is 18.3. The highest BCUT2D eigenvalue weighted by Gasteiger charge is 2.59. The molecule has 1 heterocycles. The van der Waals surface area contributed by atoms with Gasteiger partial charge in [-0.15, -0.1) is 0 Å². The third kappa shape index (κ3) is 5.73. The Hall–Kier alpha value is -2.53. The van der Waals surface area contributed by atoms with Crippen LogP contribution in [0.15, 0.2) is 30.3 Å². The lowest BCUT2D eigenvalue weighted by Gasteiger charge is -2.36. The summed E-state index contributed by atoms with van der Waals surface area (Å²) < 4.78 is 0. The Kier molecular flexibility index (Phi) is 8.52. The molecule has 0 bridgehead atoms. The van der Waals surface area contributed by atoms with Gasteiger partial charge in [-0.05, 0) is 5.56 Å². The summed E-state index contributed by atoms with van der Waals surface area (Å²) in [5, 5.41) is 35.1. The van der Waals surface area contributed by atoms with Crippen molar-refractivity contribution in [3.05, 3.63) is 35.9 Å². The predicted octanol–water partition coefficient (Wildman–Crippen LogP) is -1.02. The summed E-state index contributed by atoms with van der Waals surface area (Å²) in [6.07, 6.45) is 0. The maximum Gasteiger partial charge on any atom is 0.347 e. The highest BCUT2D eigenvalue weighted by atomic mass is 16.4. The van der Waals surface area contributed by atoms with Gasteiger partial charge in [0, 0.05) is 58.9 Å². The second-order valence-electron chi connectivity index (χ2n) is 6.87. The number of hydrogen-bond acceptors (Lipinski definition) is 7. The summed E-state index contributed by atoms with van der Waals surface area (Å²) in [7, 11) is 0. The molecule has 2 rings (SSSR count). The molecule has 0 radical (unpaired) electrons. The number of benzene rings is 1. The van der Waals surface area contributed by atoms with Crippen molar-refractivity contribution in [2.45, 2.75) is 12.1 Å². The van der Waals surface area contributed by atoms with Gasteiger partial charge in [-0.1, -0.05) is 30.3 Å². The van der Waals surface area contributed by atoms with E-state index in [1.54, 1.807) is 0 Å². The molecule has 1 aromatic carbocycles. The molecule has 0 amide bonds. The molecular weight excluding hydrogens is 380 g/mol. The second-order valence-corrected chi connectivity index (χ2v) is 6.87. The Labute approximate surface area is 169 Å². The molecule has 0 atom stereocenters. The van der Waals surface area contributed by atoms with Crippen LogP contribution in [0.4, 0.5) is 0 Å². The Bertz CT molecular complexity index is 663. The first-order chi connectivity index (χ1) is 13.9. The number of hydrogen-bond donors (Lipinski definition) is 5. The zero-order valence-electron chi connectivity index (χ0n) is 16.2. The first-order valence-electron chi connectivity index (χ1n) is 9.52. The van der Waals surface area contributed by atoms with Crippen LogP contribution in [0.1, 0.15) is 5.56 Å².